The topological polar surface area (TPSA) is 150 Å². The number of nitrogens with zero attached hydrogens (tertiary/aromatic N) is 2. The van der Waals surface area contributed by atoms with Gasteiger partial charge < -0.3 is 35.1 Å². The Morgan fingerprint density at radius 1 is 1.15 bits per heavy atom. The predicted molar refractivity (Wildman–Crippen MR) is 139 cm³/mol. The molecule has 39 heavy (non-hydrogen) atoms. The van der Waals surface area contributed by atoms with Crippen molar-refractivity contribution in [1.29, 1.82) is 0 Å². The molecule has 1 saturated heterocycles. The molecular formula is C27H45N3O9. The van der Waals surface area contributed by atoms with E-state index in [0.29, 0.717) is 6.61 Å². The Kier molecular flexibility index (Phi) is 8.30. The van der Waals surface area contributed by atoms with Crippen LogP contribution in [0.5, 0.6) is 0 Å². The lowest BCUT2D eigenvalue weighted by Crippen LogP contribution is -2.52. The number of nitrogens with one attached hydrogen (secondary N) is 1. The van der Waals surface area contributed by atoms with Gasteiger partial charge in [0.25, 0.3) is 0 Å². The Labute approximate surface area is 230 Å². The quantitative estimate of drug-likeness (QED) is 0.159. The summed E-state index contributed by atoms with van der Waals surface area (Å²) in [6, 6.07) is 0. The van der Waals surface area contributed by atoms with Gasteiger partial charge in [0, 0.05) is 38.8 Å². The van der Waals surface area contributed by atoms with E-state index < -0.39 is 36.7 Å². The second kappa shape index (κ2) is 10.8. The summed E-state index contributed by atoms with van der Waals surface area (Å²) in [5.41, 5.74) is 1.29. The number of carboxylic acids is 1. The highest BCUT2D eigenvalue weighted by Crippen LogP contribution is 2.78. The average molecular weight is 556 g/mol. The fourth-order valence-electron chi connectivity index (χ4n) is 8.28. The third kappa shape index (κ3) is 5.77. The number of hydrazine groups is 1. The second-order valence-electron chi connectivity index (χ2n) is 12.8. The number of hydrogen-bond donors (Lipinski definition) is 4. The van der Waals surface area contributed by atoms with Gasteiger partial charge in [-0.25, -0.2) is 14.6 Å². The molecule has 4 bridgehead atoms. The minimum absolute atomic E-state index is 0.120. The minimum Gasteiger partial charge on any atom is -0.479 e. The molecule has 0 aromatic carbocycles. The standard InChI is InChI=1S/C27H45N3O9/c1-7-29(6)30(17(2)3)16-26-12-24(4)11-25(26,5)14-27(13-24,15-26)36-9-8-28-23(35)39-38-19-10-18(31)20(32)21(37-19)22(33)34/h18-21,31-32H,2,7-16H2,1,3-6H3,(H,28,35)(H,33,34)/t18-,19+,20+,21+,24?,25?,26?,27?/m1/s1. The summed E-state index contributed by atoms with van der Waals surface area (Å²) in [5.74, 6) is -1.46. The van der Waals surface area contributed by atoms with Gasteiger partial charge in [0.1, 0.15) is 6.10 Å². The van der Waals surface area contributed by atoms with E-state index in [0.717, 1.165) is 38.0 Å². The molecule has 0 aromatic rings. The van der Waals surface area contributed by atoms with Crippen LogP contribution < -0.4 is 5.32 Å². The van der Waals surface area contributed by atoms with Gasteiger partial charge in [-0.3, -0.25) is 4.89 Å². The average Bonchev–Trinajstić information content (AvgIpc) is 3.11. The van der Waals surface area contributed by atoms with Crippen molar-refractivity contribution >= 4 is 12.1 Å². The number of rotatable bonds is 12. The summed E-state index contributed by atoms with van der Waals surface area (Å²) >= 11 is 0. The number of aliphatic hydroxyl groups is 2. The van der Waals surface area contributed by atoms with Crippen molar-refractivity contribution in [3.63, 3.8) is 0 Å². The Hall–Kier alpha value is -1.96. The van der Waals surface area contributed by atoms with Gasteiger partial charge in [-0.2, -0.15) is 4.89 Å². The minimum atomic E-state index is -1.69. The van der Waals surface area contributed by atoms with E-state index >= 15 is 0 Å². The number of carbonyl (C=O) groups is 2. The zero-order valence-corrected chi connectivity index (χ0v) is 23.8. The third-order valence-corrected chi connectivity index (χ3v) is 9.44. The van der Waals surface area contributed by atoms with Crippen molar-refractivity contribution in [2.75, 3.05) is 33.3 Å². The van der Waals surface area contributed by atoms with Crippen LogP contribution in [0.1, 0.15) is 66.2 Å². The van der Waals surface area contributed by atoms with Crippen molar-refractivity contribution in [1.82, 2.24) is 15.3 Å². The largest absolute Gasteiger partial charge is 0.479 e. The summed E-state index contributed by atoms with van der Waals surface area (Å²) in [6.07, 6.45) is -1.83. The first-order valence-electron chi connectivity index (χ1n) is 13.8. The smallest absolute Gasteiger partial charge is 0.438 e. The number of carbonyl (C=O) groups excluding carboxylic acids is 1. The van der Waals surface area contributed by atoms with Gasteiger partial charge in [0.15, 0.2) is 6.10 Å². The third-order valence-electron chi connectivity index (χ3n) is 9.44. The Morgan fingerprint density at radius 3 is 2.51 bits per heavy atom. The fourth-order valence-corrected chi connectivity index (χ4v) is 8.28. The maximum Gasteiger partial charge on any atom is 0.438 e. The lowest BCUT2D eigenvalue weighted by atomic mass is 9.65. The van der Waals surface area contributed by atoms with Crippen LogP contribution in [0.3, 0.4) is 0 Å². The van der Waals surface area contributed by atoms with Gasteiger partial charge in [0.05, 0.1) is 18.3 Å². The van der Waals surface area contributed by atoms with Crippen LogP contribution in [-0.4, -0.2) is 101 Å². The van der Waals surface area contributed by atoms with Crippen molar-refractivity contribution in [3.8, 4) is 0 Å². The normalized spacial score (nSPS) is 40.6. The number of amides is 1. The summed E-state index contributed by atoms with van der Waals surface area (Å²) < 4.78 is 11.6. The molecule has 12 nitrogen and oxygen atoms in total. The Balaban J connectivity index is 1.28. The zero-order valence-electron chi connectivity index (χ0n) is 23.8. The number of aliphatic carboxylic acids is 1. The van der Waals surface area contributed by atoms with Crippen LogP contribution in [0, 0.1) is 16.2 Å². The molecule has 4 aliphatic carbocycles. The molecule has 0 spiro atoms. The monoisotopic (exact) mass is 555 g/mol. The zero-order chi connectivity index (χ0) is 28.8. The molecule has 4 N–H and O–H groups in total. The molecule has 222 valence electrons. The Bertz CT molecular complexity index is 967. The lowest BCUT2D eigenvalue weighted by molar-refractivity contribution is -0.369. The second-order valence-corrected chi connectivity index (χ2v) is 12.8. The van der Waals surface area contributed by atoms with Gasteiger partial charge >= 0.3 is 12.1 Å². The van der Waals surface area contributed by atoms with Crippen molar-refractivity contribution < 1.29 is 44.2 Å². The molecule has 0 aromatic heterocycles. The highest BCUT2D eigenvalue weighted by atomic mass is 17.2. The van der Waals surface area contributed by atoms with Gasteiger partial charge in [-0.15, -0.1) is 0 Å². The molecular weight excluding hydrogens is 510 g/mol. The molecule has 0 radical (unpaired) electrons. The number of aliphatic hydroxyl groups excluding tert-OH is 2. The molecule has 5 aliphatic rings. The number of carboxylic acid groups (broad SMARTS) is 1. The van der Waals surface area contributed by atoms with Crippen LogP contribution in [0.2, 0.25) is 0 Å². The highest BCUT2D eigenvalue weighted by molar-refractivity contribution is 5.73. The molecule has 5 fully saturated rings. The molecule has 1 aliphatic heterocycles. The van der Waals surface area contributed by atoms with Crippen molar-refractivity contribution in [3.05, 3.63) is 12.3 Å². The number of allylic oxidation sites excluding steroid dienone is 1. The molecule has 4 unspecified atom stereocenters. The van der Waals surface area contributed by atoms with E-state index in [1.807, 2.05) is 0 Å². The maximum atomic E-state index is 12.1. The molecule has 1 heterocycles. The van der Waals surface area contributed by atoms with E-state index in [2.05, 4.69) is 61.5 Å². The van der Waals surface area contributed by atoms with E-state index in [9.17, 15) is 19.8 Å². The summed E-state index contributed by atoms with van der Waals surface area (Å²) in [7, 11) is 2.10. The number of hydrogen-bond acceptors (Lipinski definition) is 10. The maximum absolute atomic E-state index is 12.1. The molecule has 1 amide bonds. The first kappa shape index (κ1) is 30.0. The van der Waals surface area contributed by atoms with Crippen LogP contribution in [0.15, 0.2) is 12.3 Å². The van der Waals surface area contributed by atoms with E-state index in [1.165, 1.54) is 12.8 Å². The fraction of sp³-hybridized carbons (Fsp3) is 0.852. The molecule has 12 heteroatoms. The summed E-state index contributed by atoms with van der Waals surface area (Å²) in [4.78, 5) is 32.8. The summed E-state index contributed by atoms with van der Waals surface area (Å²) in [6.45, 7) is 15.6. The van der Waals surface area contributed by atoms with Gasteiger partial charge in [-0.1, -0.05) is 27.4 Å². The van der Waals surface area contributed by atoms with Crippen molar-refractivity contribution in [2.24, 2.45) is 16.2 Å². The molecule has 4 saturated carbocycles. The first-order chi connectivity index (χ1) is 18.2. The van der Waals surface area contributed by atoms with Crippen LogP contribution in [-0.2, 0) is 24.0 Å². The first-order valence-corrected chi connectivity index (χ1v) is 13.8. The van der Waals surface area contributed by atoms with Crippen LogP contribution in [0.4, 0.5) is 4.79 Å². The highest BCUT2D eigenvalue weighted by Gasteiger charge is 2.73. The van der Waals surface area contributed by atoms with Crippen LogP contribution in [0.25, 0.3) is 0 Å². The van der Waals surface area contributed by atoms with E-state index in [1.54, 1.807) is 0 Å². The number of ether oxygens (including phenoxy) is 2. The molecule has 5 rings (SSSR count). The molecule has 8 atom stereocenters. The van der Waals surface area contributed by atoms with E-state index in [-0.39, 0.29) is 34.8 Å². The Morgan fingerprint density at radius 2 is 1.87 bits per heavy atom. The SMILES string of the molecule is C=C(C)N(CC12CC3(C)CC(OCCNC(=O)OO[C@H]4C[C@@H](O)[C@H](O)[C@@H](C(=O)O)O4)(CC1(C)C3)C2)N(C)CC. The predicted octanol–water partition coefficient (Wildman–Crippen LogP) is 2.01. The summed E-state index contributed by atoms with van der Waals surface area (Å²) in [5, 5.41) is 35.7. The van der Waals surface area contributed by atoms with Gasteiger partial charge in [-0.05, 0) is 55.3 Å². The van der Waals surface area contributed by atoms with Gasteiger partial charge in [0.2, 0.25) is 6.29 Å². The van der Waals surface area contributed by atoms with Crippen LogP contribution >= 0.6 is 0 Å². The van der Waals surface area contributed by atoms with E-state index in [4.69, 9.17) is 19.5 Å². The lowest BCUT2D eigenvalue weighted by Gasteiger charge is -2.48. The van der Waals surface area contributed by atoms with Crippen molar-refractivity contribution in [2.45, 2.75) is 96.4 Å².